The van der Waals surface area contributed by atoms with Gasteiger partial charge in [0.05, 0.1) is 0 Å². The number of hydrogen-bond donors (Lipinski definition) is 0. The predicted molar refractivity (Wildman–Crippen MR) is 71.2 cm³/mol. The van der Waals surface area contributed by atoms with E-state index in [1.165, 1.54) is 42.4 Å². The van der Waals surface area contributed by atoms with Gasteiger partial charge < -0.3 is 0 Å². The molecule has 1 saturated carbocycles. The Morgan fingerprint density at radius 3 is 2.56 bits per heavy atom. The second-order valence-electron chi connectivity index (χ2n) is 5.25. The van der Waals surface area contributed by atoms with E-state index < -0.39 is 0 Å². The fourth-order valence-electron chi connectivity index (χ4n) is 2.36. The molecule has 1 heteroatoms. The zero-order valence-electron chi connectivity index (χ0n) is 10.3. The molecule has 0 radical (unpaired) electrons. The van der Waals surface area contributed by atoms with Crippen LogP contribution in [0.1, 0.15) is 42.4 Å². The van der Waals surface area contributed by atoms with E-state index in [1.54, 1.807) is 0 Å². The lowest BCUT2D eigenvalue weighted by atomic mass is 9.81. The van der Waals surface area contributed by atoms with E-state index in [4.69, 9.17) is 11.6 Å². The molecule has 0 aliphatic heterocycles. The highest BCUT2D eigenvalue weighted by Gasteiger charge is 2.21. The third-order valence-electron chi connectivity index (χ3n) is 3.84. The van der Waals surface area contributed by atoms with Crippen molar-refractivity contribution in [2.24, 2.45) is 5.92 Å². The average Bonchev–Trinajstić information content (AvgIpc) is 2.18. The van der Waals surface area contributed by atoms with Crippen LogP contribution in [0.3, 0.4) is 0 Å². The van der Waals surface area contributed by atoms with Gasteiger partial charge in [-0.3, -0.25) is 0 Å². The van der Waals surface area contributed by atoms with Gasteiger partial charge in [0.25, 0.3) is 0 Å². The smallest absolute Gasteiger partial charge is 0.0379 e. The van der Waals surface area contributed by atoms with E-state index in [-0.39, 0.29) is 0 Å². The van der Waals surface area contributed by atoms with Crippen molar-refractivity contribution in [3.05, 3.63) is 34.9 Å². The summed E-state index contributed by atoms with van der Waals surface area (Å²) in [6.07, 6.45) is 6.44. The first-order valence-corrected chi connectivity index (χ1v) is 6.79. The van der Waals surface area contributed by atoms with Crippen LogP contribution in [0.5, 0.6) is 0 Å². The minimum atomic E-state index is 0.326. The van der Waals surface area contributed by atoms with Gasteiger partial charge in [0, 0.05) is 5.38 Å². The number of alkyl halides is 1. The molecule has 0 N–H and O–H groups in total. The zero-order valence-corrected chi connectivity index (χ0v) is 11.1. The van der Waals surface area contributed by atoms with Gasteiger partial charge in [0.15, 0.2) is 0 Å². The molecule has 0 nitrogen and oxygen atoms in total. The summed E-state index contributed by atoms with van der Waals surface area (Å²) in [5, 5.41) is 0.326. The molecule has 0 aromatic heterocycles. The normalized spacial score (nSPS) is 18.2. The molecule has 2 rings (SSSR count). The van der Waals surface area contributed by atoms with Gasteiger partial charge >= 0.3 is 0 Å². The van der Waals surface area contributed by atoms with Gasteiger partial charge in [-0.05, 0) is 49.3 Å². The lowest BCUT2D eigenvalue weighted by Gasteiger charge is -2.27. The minimum Gasteiger partial charge on any atom is -0.123 e. The monoisotopic (exact) mass is 236 g/mol. The first-order valence-electron chi connectivity index (χ1n) is 6.35. The third-order valence-corrected chi connectivity index (χ3v) is 4.17. The van der Waals surface area contributed by atoms with E-state index in [0.29, 0.717) is 5.38 Å². The molecule has 16 heavy (non-hydrogen) atoms. The van der Waals surface area contributed by atoms with Crippen LogP contribution in [0, 0.1) is 19.8 Å². The molecule has 0 spiro atoms. The van der Waals surface area contributed by atoms with Crippen molar-refractivity contribution in [3.8, 4) is 0 Å². The standard InChI is InChI=1S/C15H21Cl/c1-11-6-7-14(8-12(11)2)10-15(16)9-13-4-3-5-13/h6-8,13,15H,3-5,9-10H2,1-2H3. The molecule has 1 atom stereocenters. The van der Waals surface area contributed by atoms with Crippen molar-refractivity contribution in [3.63, 3.8) is 0 Å². The second kappa shape index (κ2) is 5.23. The van der Waals surface area contributed by atoms with Gasteiger partial charge in [0.2, 0.25) is 0 Å². The summed E-state index contributed by atoms with van der Waals surface area (Å²) in [6, 6.07) is 6.71. The van der Waals surface area contributed by atoms with Crippen molar-refractivity contribution in [1.82, 2.24) is 0 Å². The molecule has 1 fully saturated rings. The van der Waals surface area contributed by atoms with Crippen molar-refractivity contribution in [2.75, 3.05) is 0 Å². The van der Waals surface area contributed by atoms with Crippen LogP contribution in [0.15, 0.2) is 18.2 Å². The molecule has 1 unspecified atom stereocenters. The molecule has 1 aromatic carbocycles. The van der Waals surface area contributed by atoms with Crippen molar-refractivity contribution in [2.45, 2.75) is 51.3 Å². The van der Waals surface area contributed by atoms with Gasteiger partial charge in [-0.1, -0.05) is 37.5 Å². The van der Waals surface area contributed by atoms with E-state index in [2.05, 4.69) is 32.0 Å². The van der Waals surface area contributed by atoms with Crippen LogP contribution in [0.25, 0.3) is 0 Å². The Kier molecular flexibility index (Phi) is 3.91. The number of halogens is 1. The Hall–Kier alpha value is -0.490. The maximum Gasteiger partial charge on any atom is 0.0379 e. The summed E-state index contributed by atoms with van der Waals surface area (Å²) in [4.78, 5) is 0. The molecule has 0 bridgehead atoms. The van der Waals surface area contributed by atoms with Gasteiger partial charge in [-0.25, -0.2) is 0 Å². The molecule has 0 saturated heterocycles. The molecular weight excluding hydrogens is 216 g/mol. The molecule has 1 aliphatic carbocycles. The number of benzene rings is 1. The first kappa shape index (κ1) is 12.0. The van der Waals surface area contributed by atoms with Crippen molar-refractivity contribution < 1.29 is 0 Å². The Morgan fingerprint density at radius 2 is 2.00 bits per heavy atom. The highest BCUT2D eigenvalue weighted by molar-refractivity contribution is 6.20. The topological polar surface area (TPSA) is 0 Å². The fraction of sp³-hybridized carbons (Fsp3) is 0.600. The highest BCUT2D eigenvalue weighted by Crippen LogP contribution is 2.32. The molecule has 0 amide bonds. The molecule has 1 aromatic rings. The summed E-state index contributed by atoms with van der Waals surface area (Å²) in [5.41, 5.74) is 4.14. The number of aryl methyl sites for hydroxylation is 2. The Morgan fingerprint density at radius 1 is 1.25 bits per heavy atom. The Labute approximate surface area is 104 Å². The van der Waals surface area contributed by atoms with E-state index >= 15 is 0 Å². The molecular formula is C15H21Cl. The molecule has 1 aliphatic rings. The van der Waals surface area contributed by atoms with Gasteiger partial charge in [-0.15, -0.1) is 11.6 Å². The quantitative estimate of drug-likeness (QED) is 0.668. The summed E-state index contributed by atoms with van der Waals surface area (Å²) in [5.74, 6) is 0.911. The van der Waals surface area contributed by atoms with Gasteiger partial charge in [0.1, 0.15) is 0 Å². The Bertz CT molecular complexity index is 352. The largest absolute Gasteiger partial charge is 0.123 e. The molecule has 88 valence electrons. The summed E-state index contributed by atoms with van der Waals surface area (Å²) in [6.45, 7) is 4.33. The SMILES string of the molecule is Cc1ccc(CC(Cl)CC2CCC2)cc1C. The lowest BCUT2D eigenvalue weighted by molar-refractivity contribution is 0.292. The minimum absolute atomic E-state index is 0.326. The number of rotatable bonds is 4. The highest BCUT2D eigenvalue weighted by atomic mass is 35.5. The maximum atomic E-state index is 6.41. The Balaban J connectivity index is 1.89. The predicted octanol–water partition coefficient (Wildman–Crippen LogP) is 4.64. The summed E-state index contributed by atoms with van der Waals surface area (Å²) < 4.78 is 0. The second-order valence-corrected chi connectivity index (χ2v) is 5.87. The van der Waals surface area contributed by atoms with Crippen LogP contribution in [0.4, 0.5) is 0 Å². The van der Waals surface area contributed by atoms with Crippen LogP contribution >= 0.6 is 11.6 Å². The third kappa shape index (κ3) is 3.01. The van der Waals surface area contributed by atoms with Gasteiger partial charge in [-0.2, -0.15) is 0 Å². The molecule has 0 heterocycles. The van der Waals surface area contributed by atoms with Crippen LogP contribution < -0.4 is 0 Å². The zero-order chi connectivity index (χ0) is 11.5. The number of hydrogen-bond acceptors (Lipinski definition) is 0. The summed E-state index contributed by atoms with van der Waals surface area (Å²) in [7, 11) is 0. The van der Waals surface area contributed by atoms with Crippen LogP contribution in [-0.4, -0.2) is 5.38 Å². The first-order chi connectivity index (χ1) is 7.65. The van der Waals surface area contributed by atoms with E-state index in [1.807, 2.05) is 0 Å². The van der Waals surface area contributed by atoms with Crippen molar-refractivity contribution >= 4 is 11.6 Å². The van der Waals surface area contributed by atoms with E-state index in [0.717, 1.165) is 12.3 Å². The maximum absolute atomic E-state index is 6.41. The average molecular weight is 237 g/mol. The van der Waals surface area contributed by atoms with Crippen LogP contribution in [-0.2, 0) is 6.42 Å². The van der Waals surface area contributed by atoms with E-state index in [9.17, 15) is 0 Å². The summed E-state index contributed by atoms with van der Waals surface area (Å²) >= 11 is 6.41. The fourth-order valence-corrected chi connectivity index (χ4v) is 2.79. The van der Waals surface area contributed by atoms with Crippen LogP contribution in [0.2, 0.25) is 0 Å². The lowest BCUT2D eigenvalue weighted by Crippen LogP contribution is -2.17. The van der Waals surface area contributed by atoms with Crippen molar-refractivity contribution in [1.29, 1.82) is 0 Å².